The summed E-state index contributed by atoms with van der Waals surface area (Å²) in [7, 11) is 0. The average Bonchev–Trinajstić information content (AvgIpc) is 2.93. The first-order valence-corrected chi connectivity index (χ1v) is 7.07. The second-order valence-electron chi connectivity index (χ2n) is 4.22. The highest BCUT2D eigenvalue weighted by Crippen LogP contribution is 2.29. The molecule has 0 spiro atoms. The van der Waals surface area contributed by atoms with Crippen molar-refractivity contribution in [2.24, 2.45) is 0 Å². The summed E-state index contributed by atoms with van der Waals surface area (Å²) in [6.07, 6.45) is 1.17. The van der Waals surface area contributed by atoms with Gasteiger partial charge in [-0.3, -0.25) is 9.69 Å². The minimum Gasteiger partial charge on any atom is -0.477 e. The van der Waals surface area contributed by atoms with Gasteiger partial charge in [0, 0.05) is 12.3 Å². The highest BCUT2D eigenvalue weighted by atomic mass is 32.1. The van der Waals surface area contributed by atoms with Gasteiger partial charge in [-0.05, 0) is 18.2 Å². The van der Waals surface area contributed by atoms with E-state index >= 15 is 0 Å². The van der Waals surface area contributed by atoms with Crippen LogP contribution in [0.5, 0.6) is 0 Å². The topological polar surface area (TPSA) is 94.3 Å². The van der Waals surface area contributed by atoms with E-state index in [1.54, 1.807) is 35.7 Å². The van der Waals surface area contributed by atoms with E-state index < -0.39 is 11.5 Å². The molecule has 110 valence electrons. The molecule has 1 heterocycles. The number of carboxylic acids is 1. The summed E-state index contributed by atoms with van der Waals surface area (Å²) >= 11 is 1.19. The highest BCUT2D eigenvalue weighted by molar-refractivity contribution is 7.14. The molecular weight excluding hydrogens is 302 g/mol. The van der Waals surface area contributed by atoms with Crippen molar-refractivity contribution in [1.82, 2.24) is 4.98 Å². The van der Waals surface area contributed by atoms with Crippen LogP contribution in [-0.4, -0.2) is 22.0 Å². The van der Waals surface area contributed by atoms with Crippen molar-refractivity contribution >= 4 is 40.1 Å². The van der Waals surface area contributed by atoms with Crippen molar-refractivity contribution in [2.45, 2.75) is 6.92 Å². The molecule has 2 aromatic rings. The molecule has 0 atom stereocenters. The number of para-hydroxylation sites is 1. The van der Waals surface area contributed by atoms with Crippen LogP contribution in [0.1, 0.15) is 12.6 Å². The Morgan fingerprint density at radius 1 is 1.36 bits per heavy atom. The number of carboxylic acid groups (broad SMARTS) is 1. The van der Waals surface area contributed by atoms with Crippen molar-refractivity contribution in [3.05, 3.63) is 47.0 Å². The monoisotopic (exact) mass is 313 g/mol. The lowest BCUT2D eigenvalue weighted by molar-refractivity contribution is -0.132. The van der Waals surface area contributed by atoms with Gasteiger partial charge in [-0.25, -0.2) is 9.78 Å². The molecule has 0 radical (unpaired) electrons. The Hall–Kier alpha value is -2.98. The Labute approximate surface area is 130 Å². The van der Waals surface area contributed by atoms with Gasteiger partial charge in [0.15, 0.2) is 5.13 Å². The SMILES string of the molecule is CC(=O)N(c1ccccc1)c1nc(/C=C(\C#N)C(=O)O)cs1. The van der Waals surface area contributed by atoms with Crippen LogP contribution in [0.2, 0.25) is 0 Å². The lowest BCUT2D eigenvalue weighted by atomic mass is 10.2. The van der Waals surface area contributed by atoms with Crippen molar-refractivity contribution in [2.75, 3.05) is 4.90 Å². The van der Waals surface area contributed by atoms with Crippen LogP contribution in [0.4, 0.5) is 10.8 Å². The molecule has 1 N–H and O–H groups in total. The van der Waals surface area contributed by atoms with E-state index in [2.05, 4.69) is 4.98 Å². The van der Waals surface area contributed by atoms with E-state index in [-0.39, 0.29) is 5.91 Å². The summed E-state index contributed by atoms with van der Waals surface area (Å²) in [5.41, 5.74) is 0.575. The van der Waals surface area contributed by atoms with E-state index in [9.17, 15) is 9.59 Å². The number of carbonyl (C=O) groups is 2. The molecule has 1 aromatic heterocycles. The lowest BCUT2D eigenvalue weighted by Crippen LogP contribution is -2.22. The van der Waals surface area contributed by atoms with Crippen LogP contribution in [-0.2, 0) is 9.59 Å². The van der Waals surface area contributed by atoms with Gasteiger partial charge >= 0.3 is 5.97 Å². The number of carbonyl (C=O) groups excluding carboxylic acids is 1. The third-order valence-electron chi connectivity index (χ3n) is 2.67. The fourth-order valence-corrected chi connectivity index (χ4v) is 2.58. The van der Waals surface area contributed by atoms with E-state index in [1.807, 2.05) is 6.07 Å². The molecule has 6 nitrogen and oxygen atoms in total. The first-order chi connectivity index (χ1) is 10.5. The normalized spacial score (nSPS) is 10.8. The predicted octanol–water partition coefficient (Wildman–Crippen LogP) is 2.82. The number of anilines is 2. The number of rotatable bonds is 4. The molecule has 2 rings (SSSR count). The van der Waals surface area contributed by atoms with Gasteiger partial charge in [-0.1, -0.05) is 18.2 Å². The second-order valence-corrected chi connectivity index (χ2v) is 5.06. The molecule has 0 aliphatic rings. The summed E-state index contributed by atoms with van der Waals surface area (Å²) in [5, 5.41) is 19.6. The van der Waals surface area contributed by atoms with Crippen molar-refractivity contribution in [3.8, 4) is 6.07 Å². The lowest BCUT2D eigenvalue weighted by Gasteiger charge is -2.17. The van der Waals surface area contributed by atoms with Crippen LogP contribution in [0, 0.1) is 11.3 Å². The molecule has 0 saturated carbocycles. The van der Waals surface area contributed by atoms with E-state index in [4.69, 9.17) is 10.4 Å². The van der Waals surface area contributed by atoms with Crippen LogP contribution in [0.25, 0.3) is 6.08 Å². The van der Waals surface area contributed by atoms with E-state index in [1.165, 1.54) is 29.2 Å². The summed E-state index contributed by atoms with van der Waals surface area (Å²) in [5.74, 6) is -1.53. The van der Waals surface area contributed by atoms with Gasteiger partial charge in [0.2, 0.25) is 5.91 Å². The molecule has 0 bridgehead atoms. The first kappa shape index (κ1) is 15.4. The Kier molecular flexibility index (Phi) is 4.66. The quantitative estimate of drug-likeness (QED) is 0.692. The zero-order valence-electron chi connectivity index (χ0n) is 11.6. The maximum absolute atomic E-state index is 11.9. The number of nitriles is 1. The van der Waals surface area contributed by atoms with Crippen LogP contribution in [0.15, 0.2) is 41.3 Å². The van der Waals surface area contributed by atoms with Gasteiger partial charge in [-0.15, -0.1) is 11.3 Å². The Morgan fingerprint density at radius 2 is 2.05 bits per heavy atom. The highest BCUT2D eigenvalue weighted by Gasteiger charge is 2.17. The third kappa shape index (κ3) is 3.37. The number of nitrogens with zero attached hydrogens (tertiary/aromatic N) is 3. The number of hydrogen-bond acceptors (Lipinski definition) is 5. The van der Waals surface area contributed by atoms with Crippen LogP contribution in [0.3, 0.4) is 0 Å². The number of amides is 1. The molecule has 1 aromatic carbocycles. The molecule has 7 heteroatoms. The Bertz CT molecular complexity index is 775. The van der Waals surface area contributed by atoms with Gasteiger partial charge in [0.25, 0.3) is 0 Å². The summed E-state index contributed by atoms with van der Waals surface area (Å²) < 4.78 is 0. The fourth-order valence-electron chi connectivity index (χ4n) is 1.74. The van der Waals surface area contributed by atoms with Crippen molar-refractivity contribution < 1.29 is 14.7 Å². The van der Waals surface area contributed by atoms with Crippen molar-refractivity contribution in [3.63, 3.8) is 0 Å². The largest absolute Gasteiger partial charge is 0.477 e. The number of thiazole rings is 1. The molecule has 1 amide bonds. The standard InChI is InChI=1S/C15H11N3O3S/c1-10(19)18(13-5-3-2-4-6-13)15-17-12(9-22-15)7-11(8-16)14(20)21/h2-7,9H,1H3,(H,20,21)/b11-7+. The average molecular weight is 313 g/mol. The van der Waals surface area contributed by atoms with Crippen LogP contribution < -0.4 is 4.90 Å². The van der Waals surface area contributed by atoms with Crippen LogP contribution >= 0.6 is 11.3 Å². The van der Waals surface area contributed by atoms with Gasteiger partial charge in [0.1, 0.15) is 11.6 Å². The smallest absolute Gasteiger partial charge is 0.346 e. The minimum atomic E-state index is -1.32. The Balaban J connectivity index is 2.39. The van der Waals surface area contributed by atoms with E-state index in [0.29, 0.717) is 16.5 Å². The fraction of sp³-hybridized carbons (Fsp3) is 0.0667. The second kappa shape index (κ2) is 6.65. The molecule has 0 fully saturated rings. The minimum absolute atomic E-state index is 0.213. The molecule has 0 aliphatic carbocycles. The summed E-state index contributed by atoms with van der Waals surface area (Å²) in [6.45, 7) is 1.42. The maximum Gasteiger partial charge on any atom is 0.346 e. The molecule has 22 heavy (non-hydrogen) atoms. The summed E-state index contributed by atoms with van der Waals surface area (Å²) in [6, 6.07) is 10.6. The maximum atomic E-state index is 11.9. The number of aromatic nitrogens is 1. The van der Waals surface area contributed by atoms with E-state index in [0.717, 1.165) is 0 Å². The number of benzene rings is 1. The number of aliphatic carboxylic acids is 1. The molecule has 0 aliphatic heterocycles. The number of hydrogen-bond donors (Lipinski definition) is 1. The van der Waals surface area contributed by atoms with Gasteiger partial charge < -0.3 is 5.11 Å². The first-order valence-electron chi connectivity index (χ1n) is 6.19. The van der Waals surface area contributed by atoms with Gasteiger partial charge in [-0.2, -0.15) is 5.26 Å². The predicted molar refractivity (Wildman–Crippen MR) is 82.6 cm³/mol. The molecular formula is C15H11N3O3S. The third-order valence-corrected chi connectivity index (χ3v) is 3.52. The Morgan fingerprint density at radius 3 is 2.59 bits per heavy atom. The zero-order chi connectivity index (χ0) is 16.1. The van der Waals surface area contributed by atoms with Gasteiger partial charge in [0.05, 0.1) is 11.4 Å². The molecule has 0 saturated heterocycles. The zero-order valence-corrected chi connectivity index (χ0v) is 12.4. The molecule has 0 unspecified atom stereocenters. The van der Waals surface area contributed by atoms with Crippen molar-refractivity contribution in [1.29, 1.82) is 5.26 Å². The summed E-state index contributed by atoms with van der Waals surface area (Å²) in [4.78, 5) is 28.3.